The fourth-order valence-electron chi connectivity index (χ4n) is 2.00. The lowest BCUT2D eigenvalue weighted by Crippen LogP contribution is -2.45. The average molecular weight is 253 g/mol. The second-order valence-electron chi connectivity index (χ2n) is 4.95. The molecule has 0 radical (unpaired) electrons. The molecule has 1 aliphatic rings. The zero-order valence-electron chi connectivity index (χ0n) is 11.5. The molecule has 1 aliphatic heterocycles. The van der Waals surface area contributed by atoms with E-state index in [0.29, 0.717) is 5.89 Å². The van der Waals surface area contributed by atoms with Crippen LogP contribution in [-0.4, -0.2) is 66.8 Å². The monoisotopic (exact) mass is 253 g/mol. The van der Waals surface area contributed by atoms with Gasteiger partial charge in [0.2, 0.25) is 5.89 Å². The fraction of sp³-hybridized carbons (Fsp3) is 0.833. The summed E-state index contributed by atoms with van der Waals surface area (Å²) < 4.78 is 5.22. The number of piperazine rings is 1. The Morgan fingerprint density at radius 1 is 1.33 bits per heavy atom. The van der Waals surface area contributed by atoms with Gasteiger partial charge >= 0.3 is 0 Å². The van der Waals surface area contributed by atoms with E-state index in [1.807, 2.05) is 14.0 Å². The molecule has 18 heavy (non-hydrogen) atoms. The summed E-state index contributed by atoms with van der Waals surface area (Å²) in [5, 5.41) is 7.11. The molecule has 0 aliphatic carbocycles. The Morgan fingerprint density at radius 2 is 2.06 bits per heavy atom. The Kier molecular flexibility index (Phi) is 4.68. The van der Waals surface area contributed by atoms with E-state index in [0.717, 1.165) is 45.0 Å². The van der Waals surface area contributed by atoms with Crippen LogP contribution in [0.4, 0.5) is 0 Å². The largest absolute Gasteiger partial charge is 0.338 e. The molecule has 1 fully saturated rings. The SMILES string of the molecule is CNC(C)c1nc(CCN2CCN(C)CC2)no1. The first-order valence-electron chi connectivity index (χ1n) is 6.59. The van der Waals surface area contributed by atoms with Gasteiger partial charge in [-0.1, -0.05) is 5.16 Å². The first-order valence-corrected chi connectivity index (χ1v) is 6.59. The maximum absolute atomic E-state index is 5.22. The van der Waals surface area contributed by atoms with Crippen LogP contribution in [0, 0.1) is 0 Å². The minimum Gasteiger partial charge on any atom is -0.338 e. The molecule has 6 heteroatoms. The van der Waals surface area contributed by atoms with Crippen molar-refractivity contribution in [2.24, 2.45) is 0 Å². The van der Waals surface area contributed by atoms with Crippen LogP contribution >= 0.6 is 0 Å². The molecule has 0 spiro atoms. The van der Waals surface area contributed by atoms with Gasteiger partial charge in [-0.25, -0.2) is 0 Å². The second-order valence-corrected chi connectivity index (χ2v) is 4.95. The van der Waals surface area contributed by atoms with Crippen molar-refractivity contribution < 1.29 is 4.52 Å². The van der Waals surface area contributed by atoms with E-state index >= 15 is 0 Å². The summed E-state index contributed by atoms with van der Waals surface area (Å²) in [7, 11) is 4.06. The van der Waals surface area contributed by atoms with Gasteiger partial charge in [-0.15, -0.1) is 0 Å². The predicted molar refractivity (Wildman–Crippen MR) is 69.4 cm³/mol. The van der Waals surface area contributed by atoms with Gasteiger partial charge in [0, 0.05) is 39.1 Å². The maximum Gasteiger partial charge on any atom is 0.243 e. The summed E-state index contributed by atoms with van der Waals surface area (Å²) in [5.74, 6) is 1.48. The summed E-state index contributed by atoms with van der Waals surface area (Å²) in [4.78, 5) is 9.22. The van der Waals surface area contributed by atoms with Gasteiger partial charge in [0.15, 0.2) is 5.82 Å². The maximum atomic E-state index is 5.22. The van der Waals surface area contributed by atoms with Crippen molar-refractivity contribution in [1.29, 1.82) is 0 Å². The number of likely N-dealkylation sites (N-methyl/N-ethyl adjacent to an activating group) is 1. The number of hydrogen-bond acceptors (Lipinski definition) is 6. The van der Waals surface area contributed by atoms with Crippen LogP contribution in [0.15, 0.2) is 4.52 Å². The van der Waals surface area contributed by atoms with E-state index < -0.39 is 0 Å². The lowest BCUT2D eigenvalue weighted by molar-refractivity contribution is 0.154. The number of nitrogens with one attached hydrogen (secondary N) is 1. The van der Waals surface area contributed by atoms with Gasteiger partial charge in [-0.2, -0.15) is 4.98 Å². The van der Waals surface area contributed by atoms with Crippen molar-refractivity contribution in [3.05, 3.63) is 11.7 Å². The molecule has 0 saturated carbocycles. The molecule has 1 atom stereocenters. The smallest absolute Gasteiger partial charge is 0.243 e. The van der Waals surface area contributed by atoms with Crippen LogP contribution in [0.5, 0.6) is 0 Å². The molecule has 2 rings (SSSR count). The molecule has 1 aromatic heterocycles. The number of nitrogens with zero attached hydrogens (tertiary/aromatic N) is 4. The van der Waals surface area contributed by atoms with Crippen LogP contribution < -0.4 is 5.32 Å². The van der Waals surface area contributed by atoms with Crippen LogP contribution in [0.3, 0.4) is 0 Å². The molecular formula is C12H23N5O. The highest BCUT2D eigenvalue weighted by Gasteiger charge is 2.16. The minimum atomic E-state index is 0.120. The van der Waals surface area contributed by atoms with Gasteiger partial charge in [-0.3, -0.25) is 0 Å². The van der Waals surface area contributed by atoms with Crippen molar-refractivity contribution in [2.45, 2.75) is 19.4 Å². The molecule has 1 N–H and O–H groups in total. The van der Waals surface area contributed by atoms with E-state index in [2.05, 4.69) is 32.3 Å². The topological polar surface area (TPSA) is 57.4 Å². The Labute approximate surface area is 108 Å². The summed E-state index contributed by atoms with van der Waals surface area (Å²) in [6, 6.07) is 0.120. The van der Waals surface area contributed by atoms with E-state index in [9.17, 15) is 0 Å². The highest BCUT2D eigenvalue weighted by Crippen LogP contribution is 2.09. The Bertz CT molecular complexity index is 359. The van der Waals surface area contributed by atoms with Crippen LogP contribution in [0.2, 0.25) is 0 Å². The van der Waals surface area contributed by atoms with Gasteiger partial charge in [0.25, 0.3) is 0 Å². The zero-order valence-corrected chi connectivity index (χ0v) is 11.5. The third-order valence-electron chi connectivity index (χ3n) is 3.53. The molecule has 0 amide bonds. The van der Waals surface area contributed by atoms with Crippen molar-refractivity contribution in [3.63, 3.8) is 0 Å². The fourth-order valence-corrected chi connectivity index (χ4v) is 2.00. The summed E-state index contributed by atoms with van der Waals surface area (Å²) in [6.45, 7) is 7.59. The van der Waals surface area contributed by atoms with Crippen LogP contribution in [-0.2, 0) is 6.42 Å². The van der Waals surface area contributed by atoms with Crippen molar-refractivity contribution in [3.8, 4) is 0 Å². The summed E-state index contributed by atoms with van der Waals surface area (Å²) in [5.41, 5.74) is 0. The van der Waals surface area contributed by atoms with Crippen molar-refractivity contribution in [1.82, 2.24) is 25.3 Å². The molecule has 1 unspecified atom stereocenters. The lowest BCUT2D eigenvalue weighted by atomic mass is 10.3. The van der Waals surface area contributed by atoms with Crippen molar-refractivity contribution in [2.75, 3.05) is 46.8 Å². The van der Waals surface area contributed by atoms with E-state index in [1.54, 1.807) is 0 Å². The number of aromatic nitrogens is 2. The van der Waals surface area contributed by atoms with E-state index in [1.165, 1.54) is 0 Å². The second kappa shape index (κ2) is 6.26. The lowest BCUT2D eigenvalue weighted by Gasteiger charge is -2.31. The molecule has 1 saturated heterocycles. The third-order valence-corrected chi connectivity index (χ3v) is 3.53. The Hall–Kier alpha value is -0.980. The first-order chi connectivity index (χ1) is 8.69. The average Bonchev–Trinajstić information content (AvgIpc) is 2.86. The molecule has 0 aromatic carbocycles. The summed E-state index contributed by atoms with van der Waals surface area (Å²) >= 11 is 0. The summed E-state index contributed by atoms with van der Waals surface area (Å²) in [6.07, 6.45) is 0.865. The van der Waals surface area contributed by atoms with Gasteiger partial charge in [0.1, 0.15) is 0 Å². The molecule has 2 heterocycles. The molecule has 1 aromatic rings. The predicted octanol–water partition coefficient (Wildman–Crippen LogP) is 0.140. The Balaban J connectivity index is 1.78. The number of hydrogen-bond donors (Lipinski definition) is 1. The standard InChI is InChI=1S/C12H23N5O/c1-10(13-2)12-14-11(15-18-12)4-5-17-8-6-16(3)7-9-17/h10,13H,4-9H2,1-3H3. The van der Waals surface area contributed by atoms with Gasteiger partial charge in [0.05, 0.1) is 6.04 Å². The third kappa shape index (κ3) is 3.51. The zero-order chi connectivity index (χ0) is 13.0. The molecule has 0 bridgehead atoms. The number of rotatable bonds is 5. The highest BCUT2D eigenvalue weighted by atomic mass is 16.5. The quantitative estimate of drug-likeness (QED) is 0.805. The first kappa shape index (κ1) is 13.5. The van der Waals surface area contributed by atoms with E-state index in [-0.39, 0.29) is 6.04 Å². The van der Waals surface area contributed by atoms with E-state index in [4.69, 9.17) is 4.52 Å². The molecule has 6 nitrogen and oxygen atoms in total. The van der Waals surface area contributed by atoms with Gasteiger partial charge in [-0.05, 0) is 21.0 Å². The van der Waals surface area contributed by atoms with Crippen LogP contribution in [0.25, 0.3) is 0 Å². The van der Waals surface area contributed by atoms with Crippen LogP contribution in [0.1, 0.15) is 24.7 Å². The van der Waals surface area contributed by atoms with Crippen molar-refractivity contribution >= 4 is 0 Å². The highest BCUT2D eigenvalue weighted by molar-refractivity contribution is 4.91. The Morgan fingerprint density at radius 3 is 2.72 bits per heavy atom. The minimum absolute atomic E-state index is 0.120. The normalized spacial score (nSPS) is 20.2. The van der Waals surface area contributed by atoms with Gasteiger partial charge < -0.3 is 19.6 Å². The molecular weight excluding hydrogens is 230 g/mol. The molecule has 102 valence electrons.